The minimum atomic E-state index is 0.0270. The lowest BCUT2D eigenvalue weighted by molar-refractivity contribution is -0.135. The van der Waals surface area contributed by atoms with E-state index in [0.29, 0.717) is 6.54 Å². The highest BCUT2D eigenvalue weighted by atomic mass is 16.5. The Kier molecular flexibility index (Phi) is 4.83. The zero-order chi connectivity index (χ0) is 17.1. The summed E-state index contributed by atoms with van der Waals surface area (Å²) in [4.78, 5) is 18.4. The van der Waals surface area contributed by atoms with Gasteiger partial charge in [-0.15, -0.1) is 0 Å². The van der Waals surface area contributed by atoms with Gasteiger partial charge in [0.1, 0.15) is 18.4 Å². The average Bonchev–Trinajstić information content (AvgIpc) is 3.08. The van der Waals surface area contributed by atoms with Crippen LogP contribution in [0, 0.1) is 20.8 Å². The van der Waals surface area contributed by atoms with Crippen LogP contribution in [0.25, 0.3) is 0 Å². The van der Waals surface area contributed by atoms with Crippen LogP contribution in [0.15, 0.2) is 24.8 Å². The van der Waals surface area contributed by atoms with Crippen LogP contribution in [0.1, 0.15) is 35.6 Å². The molecule has 0 unspecified atom stereocenters. The molecule has 1 atom stereocenters. The number of carbonyl (C=O) groups excluding carboxylic acids is 1. The van der Waals surface area contributed by atoms with E-state index in [-0.39, 0.29) is 18.6 Å². The summed E-state index contributed by atoms with van der Waals surface area (Å²) in [5.74, 6) is 0.845. The molecule has 2 aromatic rings. The number of rotatable bonds is 4. The average molecular weight is 328 g/mol. The van der Waals surface area contributed by atoms with Crippen LogP contribution in [0.2, 0.25) is 0 Å². The van der Waals surface area contributed by atoms with Crippen molar-refractivity contribution in [3.8, 4) is 5.75 Å². The zero-order valence-corrected chi connectivity index (χ0v) is 14.5. The van der Waals surface area contributed by atoms with Gasteiger partial charge in [0.2, 0.25) is 0 Å². The van der Waals surface area contributed by atoms with Gasteiger partial charge in [0, 0.05) is 13.1 Å². The molecule has 1 amide bonds. The summed E-state index contributed by atoms with van der Waals surface area (Å²) < 4.78 is 7.68. The first-order chi connectivity index (χ1) is 11.5. The molecule has 2 heterocycles. The third kappa shape index (κ3) is 3.58. The molecule has 6 nitrogen and oxygen atoms in total. The maximum Gasteiger partial charge on any atom is 0.260 e. The smallest absolute Gasteiger partial charge is 0.260 e. The molecule has 1 aliphatic rings. The predicted molar refractivity (Wildman–Crippen MR) is 91.0 cm³/mol. The van der Waals surface area contributed by atoms with Crippen molar-refractivity contribution >= 4 is 5.91 Å². The molecule has 6 heteroatoms. The Morgan fingerprint density at radius 2 is 2.04 bits per heavy atom. The summed E-state index contributed by atoms with van der Waals surface area (Å²) in [6.07, 6.45) is 5.24. The number of carbonyl (C=O) groups is 1. The van der Waals surface area contributed by atoms with Crippen LogP contribution < -0.4 is 4.74 Å². The summed E-state index contributed by atoms with van der Waals surface area (Å²) in [7, 11) is 0. The Balaban J connectivity index is 1.61. The van der Waals surface area contributed by atoms with E-state index in [1.807, 2.05) is 23.4 Å². The van der Waals surface area contributed by atoms with Gasteiger partial charge in [0.25, 0.3) is 5.91 Å². The topological polar surface area (TPSA) is 60.2 Å². The molecule has 0 bridgehead atoms. The van der Waals surface area contributed by atoms with Crippen LogP contribution in [-0.2, 0) is 4.79 Å². The third-order valence-electron chi connectivity index (χ3n) is 4.50. The third-order valence-corrected chi connectivity index (χ3v) is 4.50. The fourth-order valence-electron chi connectivity index (χ4n) is 3.42. The van der Waals surface area contributed by atoms with Crippen LogP contribution in [0.4, 0.5) is 0 Å². The monoisotopic (exact) mass is 328 g/mol. The molecule has 1 aromatic heterocycles. The van der Waals surface area contributed by atoms with E-state index in [4.69, 9.17) is 4.74 Å². The SMILES string of the molecule is Cc1cc(C)c(OCC(=O)N2CCC[C@@H](n3cncn3)C2)c(C)c1. The molecular weight excluding hydrogens is 304 g/mol. The minimum absolute atomic E-state index is 0.0270. The highest BCUT2D eigenvalue weighted by Crippen LogP contribution is 2.25. The van der Waals surface area contributed by atoms with Crippen molar-refractivity contribution in [3.63, 3.8) is 0 Å². The van der Waals surface area contributed by atoms with Crippen molar-refractivity contribution in [2.75, 3.05) is 19.7 Å². The van der Waals surface area contributed by atoms with Crippen LogP contribution >= 0.6 is 0 Å². The lowest BCUT2D eigenvalue weighted by Gasteiger charge is -2.32. The zero-order valence-electron chi connectivity index (χ0n) is 14.5. The molecular formula is C18H24N4O2. The molecule has 1 saturated heterocycles. The van der Waals surface area contributed by atoms with E-state index < -0.39 is 0 Å². The fraction of sp³-hybridized carbons (Fsp3) is 0.500. The van der Waals surface area contributed by atoms with E-state index in [0.717, 1.165) is 36.3 Å². The minimum Gasteiger partial charge on any atom is -0.483 e. The maximum absolute atomic E-state index is 12.5. The van der Waals surface area contributed by atoms with Gasteiger partial charge < -0.3 is 9.64 Å². The lowest BCUT2D eigenvalue weighted by Crippen LogP contribution is -2.43. The molecule has 1 aliphatic heterocycles. The van der Waals surface area contributed by atoms with E-state index in [2.05, 4.69) is 29.1 Å². The lowest BCUT2D eigenvalue weighted by atomic mass is 10.1. The van der Waals surface area contributed by atoms with E-state index >= 15 is 0 Å². The Morgan fingerprint density at radius 1 is 1.29 bits per heavy atom. The summed E-state index contributed by atoms with van der Waals surface area (Å²) in [6.45, 7) is 7.61. The van der Waals surface area contributed by atoms with Gasteiger partial charge in [-0.2, -0.15) is 5.10 Å². The van der Waals surface area contributed by atoms with E-state index in [1.165, 1.54) is 11.9 Å². The molecule has 0 N–H and O–H groups in total. The number of piperidine rings is 1. The van der Waals surface area contributed by atoms with Crippen LogP contribution in [0.3, 0.4) is 0 Å². The summed E-state index contributed by atoms with van der Waals surface area (Å²) in [5.41, 5.74) is 3.34. The number of ether oxygens (including phenoxy) is 1. The van der Waals surface area contributed by atoms with Gasteiger partial charge >= 0.3 is 0 Å². The van der Waals surface area contributed by atoms with Crippen molar-refractivity contribution in [2.45, 2.75) is 39.7 Å². The highest BCUT2D eigenvalue weighted by Gasteiger charge is 2.25. The molecule has 1 fully saturated rings. The number of nitrogens with zero attached hydrogens (tertiary/aromatic N) is 4. The molecule has 0 spiro atoms. The van der Waals surface area contributed by atoms with Gasteiger partial charge in [-0.05, 0) is 44.7 Å². The van der Waals surface area contributed by atoms with Crippen LogP contribution in [-0.4, -0.2) is 45.3 Å². The molecule has 1 aromatic carbocycles. The first-order valence-corrected chi connectivity index (χ1v) is 8.37. The second-order valence-electron chi connectivity index (χ2n) is 6.53. The second-order valence-corrected chi connectivity index (χ2v) is 6.53. The van der Waals surface area contributed by atoms with Gasteiger partial charge in [-0.1, -0.05) is 17.7 Å². The first kappa shape index (κ1) is 16.5. The van der Waals surface area contributed by atoms with Gasteiger partial charge in [-0.3, -0.25) is 4.79 Å². The van der Waals surface area contributed by atoms with E-state index in [1.54, 1.807) is 6.33 Å². The number of aromatic nitrogens is 3. The van der Waals surface area contributed by atoms with E-state index in [9.17, 15) is 4.79 Å². The largest absolute Gasteiger partial charge is 0.483 e. The summed E-state index contributed by atoms with van der Waals surface area (Å²) >= 11 is 0. The maximum atomic E-state index is 12.5. The number of likely N-dealkylation sites (tertiary alicyclic amines) is 1. The Morgan fingerprint density at radius 3 is 2.71 bits per heavy atom. The standard InChI is InChI=1S/C18H24N4O2/c1-13-7-14(2)18(15(3)8-13)24-10-17(23)21-6-4-5-16(9-21)22-12-19-11-20-22/h7-8,11-12,16H,4-6,9-10H2,1-3H3/t16-/m1/s1. The summed E-state index contributed by atoms with van der Waals surface area (Å²) in [5, 5.41) is 4.20. The Bertz CT molecular complexity index is 689. The van der Waals surface area contributed by atoms with Gasteiger partial charge in [0.15, 0.2) is 6.61 Å². The molecule has 0 aliphatic carbocycles. The summed E-state index contributed by atoms with van der Waals surface area (Å²) in [6, 6.07) is 4.36. The normalized spacial score (nSPS) is 17.8. The van der Waals surface area contributed by atoms with Gasteiger partial charge in [-0.25, -0.2) is 9.67 Å². The molecule has 0 saturated carbocycles. The van der Waals surface area contributed by atoms with Crippen molar-refractivity contribution < 1.29 is 9.53 Å². The number of hydrogen-bond acceptors (Lipinski definition) is 4. The first-order valence-electron chi connectivity index (χ1n) is 8.37. The molecule has 3 rings (SSSR count). The highest BCUT2D eigenvalue weighted by molar-refractivity contribution is 5.78. The number of benzene rings is 1. The van der Waals surface area contributed by atoms with Crippen molar-refractivity contribution in [2.24, 2.45) is 0 Å². The molecule has 0 radical (unpaired) electrons. The quantitative estimate of drug-likeness (QED) is 0.865. The molecule has 128 valence electrons. The van der Waals surface area contributed by atoms with Gasteiger partial charge in [0.05, 0.1) is 6.04 Å². The predicted octanol–water partition coefficient (Wildman–Crippen LogP) is 2.45. The second kappa shape index (κ2) is 7.03. The van der Waals surface area contributed by atoms with Crippen molar-refractivity contribution in [1.29, 1.82) is 0 Å². The van der Waals surface area contributed by atoms with Crippen LogP contribution in [0.5, 0.6) is 5.75 Å². The fourth-order valence-corrected chi connectivity index (χ4v) is 3.42. The Labute approximate surface area is 142 Å². The molecule has 24 heavy (non-hydrogen) atoms. The Hall–Kier alpha value is -2.37. The number of aryl methyl sites for hydroxylation is 3. The van der Waals surface area contributed by atoms with Crippen molar-refractivity contribution in [1.82, 2.24) is 19.7 Å². The number of amides is 1. The number of hydrogen-bond donors (Lipinski definition) is 0. The van der Waals surface area contributed by atoms with Crippen molar-refractivity contribution in [3.05, 3.63) is 41.5 Å².